The van der Waals surface area contributed by atoms with Crippen LogP contribution in [0.5, 0.6) is 5.75 Å². The number of aromatic nitrogens is 2. The van der Waals surface area contributed by atoms with Crippen LogP contribution in [-0.2, 0) is 13.1 Å². The number of para-hydroxylation sites is 2. The molecular weight excluding hydrogens is 202 g/mol. The summed E-state index contributed by atoms with van der Waals surface area (Å²) < 4.78 is 7.30. The van der Waals surface area contributed by atoms with Gasteiger partial charge in [0.1, 0.15) is 11.4 Å². The fourth-order valence-electron chi connectivity index (χ4n) is 2.07. The topological polar surface area (TPSA) is 39.1 Å². The van der Waals surface area contributed by atoms with Gasteiger partial charge < -0.3 is 10.1 Å². The number of nitrogens with one attached hydrogen (secondary N) is 1. The summed E-state index contributed by atoms with van der Waals surface area (Å²) in [5.41, 5.74) is 3.49. The van der Waals surface area contributed by atoms with Gasteiger partial charge in [0.2, 0.25) is 0 Å². The van der Waals surface area contributed by atoms with E-state index in [1.807, 2.05) is 35.1 Å². The molecule has 0 aliphatic carbocycles. The third-order valence-corrected chi connectivity index (χ3v) is 2.88. The minimum atomic E-state index is 0.848. The second-order valence-electron chi connectivity index (χ2n) is 3.80. The molecule has 4 heteroatoms. The quantitative estimate of drug-likeness (QED) is 0.824. The molecule has 1 aromatic carbocycles. The number of nitrogens with zero attached hydrogens (tertiary/aromatic N) is 2. The summed E-state index contributed by atoms with van der Waals surface area (Å²) in [6, 6.07) is 7.93. The number of hydrogen-bond acceptors (Lipinski definition) is 3. The van der Waals surface area contributed by atoms with Crippen molar-refractivity contribution in [3.05, 3.63) is 41.7 Å². The Labute approximate surface area is 93.8 Å². The maximum absolute atomic E-state index is 5.35. The van der Waals surface area contributed by atoms with Crippen molar-refractivity contribution in [1.29, 1.82) is 0 Å². The summed E-state index contributed by atoms with van der Waals surface area (Å²) in [6.07, 6.45) is 1.92. The highest BCUT2D eigenvalue weighted by molar-refractivity contribution is 5.48. The Hall–Kier alpha value is -1.81. The molecule has 1 aliphatic heterocycles. The minimum Gasteiger partial charge on any atom is -0.494 e. The first-order valence-electron chi connectivity index (χ1n) is 5.30. The van der Waals surface area contributed by atoms with Gasteiger partial charge in [0.05, 0.1) is 19.0 Å². The zero-order chi connectivity index (χ0) is 11.0. The van der Waals surface area contributed by atoms with Gasteiger partial charge in [-0.1, -0.05) is 12.1 Å². The molecule has 0 atom stereocenters. The first-order chi connectivity index (χ1) is 7.90. The van der Waals surface area contributed by atoms with E-state index in [0.29, 0.717) is 0 Å². The molecule has 2 aromatic rings. The third kappa shape index (κ3) is 1.31. The van der Waals surface area contributed by atoms with Gasteiger partial charge in [0, 0.05) is 18.7 Å². The Balaban J connectivity index is 2.15. The number of fused-ring (bicyclic) bond motifs is 1. The predicted octanol–water partition coefficient (Wildman–Crippen LogP) is 1.48. The van der Waals surface area contributed by atoms with Crippen LogP contribution in [0.1, 0.15) is 11.3 Å². The maximum Gasteiger partial charge on any atom is 0.144 e. The molecule has 82 valence electrons. The monoisotopic (exact) mass is 215 g/mol. The molecule has 0 fully saturated rings. The lowest BCUT2D eigenvalue weighted by molar-refractivity contribution is 0.411. The first kappa shape index (κ1) is 9.42. The lowest BCUT2D eigenvalue weighted by Crippen LogP contribution is -2.08. The van der Waals surface area contributed by atoms with Crippen molar-refractivity contribution in [3.8, 4) is 11.4 Å². The average Bonchev–Trinajstić information content (AvgIpc) is 2.91. The Bertz CT molecular complexity index is 519. The molecule has 3 rings (SSSR count). The highest BCUT2D eigenvalue weighted by atomic mass is 16.5. The SMILES string of the molecule is COc1ccccc1-n1ncc2c1CNC2. The molecule has 1 aliphatic rings. The maximum atomic E-state index is 5.35. The average molecular weight is 215 g/mol. The lowest BCUT2D eigenvalue weighted by Gasteiger charge is -2.10. The van der Waals surface area contributed by atoms with Crippen LogP contribution in [0.25, 0.3) is 5.69 Å². The minimum absolute atomic E-state index is 0.848. The molecule has 0 saturated heterocycles. The second kappa shape index (κ2) is 3.64. The predicted molar refractivity (Wildman–Crippen MR) is 60.7 cm³/mol. The molecule has 0 unspecified atom stereocenters. The highest BCUT2D eigenvalue weighted by Gasteiger charge is 2.18. The summed E-state index contributed by atoms with van der Waals surface area (Å²) in [5, 5.41) is 7.73. The fourth-order valence-corrected chi connectivity index (χ4v) is 2.07. The van der Waals surface area contributed by atoms with Crippen molar-refractivity contribution in [3.63, 3.8) is 0 Å². The van der Waals surface area contributed by atoms with Gasteiger partial charge in [-0.05, 0) is 12.1 Å². The van der Waals surface area contributed by atoms with E-state index in [0.717, 1.165) is 24.5 Å². The van der Waals surface area contributed by atoms with E-state index in [1.54, 1.807) is 7.11 Å². The molecule has 4 nitrogen and oxygen atoms in total. The molecule has 2 heterocycles. The van der Waals surface area contributed by atoms with E-state index in [1.165, 1.54) is 11.3 Å². The van der Waals surface area contributed by atoms with Crippen LogP contribution in [0.3, 0.4) is 0 Å². The van der Waals surface area contributed by atoms with Crippen LogP contribution in [0.2, 0.25) is 0 Å². The van der Waals surface area contributed by atoms with Gasteiger partial charge in [0.15, 0.2) is 0 Å². The van der Waals surface area contributed by atoms with E-state index in [4.69, 9.17) is 4.74 Å². The molecule has 0 radical (unpaired) electrons. The van der Waals surface area contributed by atoms with Gasteiger partial charge >= 0.3 is 0 Å². The number of rotatable bonds is 2. The largest absolute Gasteiger partial charge is 0.494 e. The van der Waals surface area contributed by atoms with Gasteiger partial charge in [0.25, 0.3) is 0 Å². The first-order valence-corrected chi connectivity index (χ1v) is 5.30. The molecule has 0 amide bonds. The second-order valence-corrected chi connectivity index (χ2v) is 3.80. The van der Waals surface area contributed by atoms with Crippen molar-refractivity contribution in [2.75, 3.05) is 7.11 Å². The number of ether oxygens (including phenoxy) is 1. The Kier molecular flexibility index (Phi) is 2.15. The molecule has 0 spiro atoms. The summed E-state index contributed by atoms with van der Waals surface area (Å²) in [6.45, 7) is 1.78. The summed E-state index contributed by atoms with van der Waals surface area (Å²) in [5.74, 6) is 0.848. The van der Waals surface area contributed by atoms with Crippen LogP contribution in [0.4, 0.5) is 0 Å². The molecule has 1 aromatic heterocycles. The zero-order valence-corrected chi connectivity index (χ0v) is 9.10. The molecule has 16 heavy (non-hydrogen) atoms. The van der Waals surface area contributed by atoms with E-state index >= 15 is 0 Å². The summed E-state index contributed by atoms with van der Waals surface area (Å²) in [4.78, 5) is 0. The van der Waals surface area contributed by atoms with Crippen LogP contribution >= 0.6 is 0 Å². The Morgan fingerprint density at radius 2 is 2.19 bits per heavy atom. The smallest absolute Gasteiger partial charge is 0.144 e. The highest BCUT2D eigenvalue weighted by Crippen LogP contribution is 2.25. The number of methoxy groups -OCH3 is 1. The Morgan fingerprint density at radius 3 is 3.06 bits per heavy atom. The van der Waals surface area contributed by atoms with Crippen molar-refractivity contribution >= 4 is 0 Å². The van der Waals surface area contributed by atoms with Crippen LogP contribution < -0.4 is 10.1 Å². The number of benzene rings is 1. The van der Waals surface area contributed by atoms with Gasteiger partial charge in [-0.25, -0.2) is 4.68 Å². The van der Waals surface area contributed by atoms with Crippen molar-refractivity contribution in [1.82, 2.24) is 15.1 Å². The van der Waals surface area contributed by atoms with Gasteiger partial charge in [-0.15, -0.1) is 0 Å². The van der Waals surface area contributed by atoms with Crippen LogP contribution in [0.15, 0.2) is 30.5 Å². The van der Waals surface area contributed by atoms with Gasteiger partial charge in [-0.2, -0.15) is 5.10 Å². The molecule has 0 bridgehead atoms. The van der Waals surface area contributed by atoms with Crippen molar-refractivity contribution in [2.24, 2.45) is 0 Å². The number of hydrogen-bond donors (Lipinski definition) is 1. The fraction of sp³-hybridized carbons (Fsp3) is 0.250. The van der Waals surface area contributed by atoms with E-state index in [2.05, 4.69) is 10.4 Å². The Morgan fingerprint density at radius 1 is 1.31 bits per heavy atom. The third-order valence-electron chi connectivity index (χ3n) is 2.88. The summed E-state index contributed by atoms with van der Waals surface area (Å²) >= 11 is 0. The van der Waals surface area contributed by atoms with Crippen molar-refractivity contribution < 1.29 is 4.74 Å². The standard InChI is InChI=1S/C12H13N3O/c1-16-12-5-3-2-4-10(12)15-11-8-13-6-9(11)7-14-15/h2-5,7,13H,6,8H2,1H3. The zero-order valence-electron chi connectivity index (χ0n) is 9.10. The molecular formula is C12H13N3O. The van der Waals surface area contributed by atoms with Gasteiger partial charge in [-0.3, -0.25) is 0 Å². The van der Waals surface area contributed by atoms with E-state index in [9.17, 15) is 0 Å². The van der Waals surface area contributed by atoms with E-state index in [-0.39, 0.29) is 0 Å². The van der Waals surface area contributed by atoms with E-state index < -0.39 is 0 Å². The molecule has 1 N–H and O–H groups in total. The van der Waals surface area contributed by atoms with Crippen LogP contribution in [-0.4, -0.2) is 16.9 Å². The van der Waals surface area contributed by atoms with Crippen molar-refractivity contribution in [2.45, 2.75) is 13.1 Å². The lowest BCUT2D eigenvalue weighted by atomic mass is 10.2. The normalized spacial score (nSPS) is 13.8. The van der Waals surface area contributed by atoms with Crippen LogP contribution in [0, 0.1) is 0 Å². The summed E-state index contributed by atoms with van der Waals surface area (Å²) in [7, 11) is 1.68. The molecule has 0 saturated carbocycles.